The third-order valence-corrected chi connectivity index (χ3v) is 2.51. The van der Waals surface area contributed by atoms with Gasteiger partial charge in [-0.3, -0.25) is 11.3 Å². The summed E-state index contributed by atoms with van der Waals surface area (Å²) in [7, 11) is 1.74. The molecule has 14 heavy (non-hydrogen) atoms. The van der Waals surface area contributed by atoms with E-state index in [1.165, 1.54) is 0 Å². The third-order valence-electron chi connectivity index (χ3n) is 2.51. The van der Waals surface area contributed by atoms with Gasteiger partial charge < -0.3 is 4.74 Å². The normalized spacial score (nSPS) is 16.7. The van der Waals surface area contributed by atoms with Crippen LogP contribution in [-0.2, 0) is 4.74 Å². The Kier molecular flexibility index (Phi) is 6.33. The van der Waals surface area contributed by atoms with Crippen LogP contribution >= 0.6 is 0 Å². The van der Waals surface area contributed by atoms with Gasteiger partial charge in [0.2, 0.25) is 0 Å². The topological polar surface area (TPSA) is 47.3 Å². The van der Waals surface area contributed by atoms with Crippen LogP contribution in [0.25, 0.3) is 0 Å². The number of nitrogens with two attached hydrogens (primary N) is 1. The lowest BCUT2D eigenvalue weighted by atomic mass is 9.83. The summed E-state index contributed by atoms with van der Waals surface area (Å²) in [5.41, 5.74) is 3.23. The van der Waals surface area contributed by atoms with Gasteiger partial charge in [0, 0.05) is 19.8 Å². The van der Waals surface area contributed by atoms with Crippen LogP contribution in [0.2, 0.25) is 0 Å². The molecule has 0 aromatic carbocycles. The molecule has 2 unspecified atom stereocenters. The van der Waals surface area contributed by atoms with Crippen molar-refractivity contribution in [3.05, 3.63) is 0 Å². The van der Waals surface area contributed by atoms with Crippen molar-refractivity contribution < 1.29 is 4.74 Å². The number of nitrogens with one attached hydrogen (secondary N) is 1. The molecule has 0 rings (SSSR count). The molecule has 0 aromatic rings. The monoisotopic (exact) mass is 202 g/mol. The van der Waals surface area contributed by atoms with Gasteiger partial charge in [-0.1, -0.05) is 27.7 Å². The van der Waals surface area contributed by atoms with Gasteiger partial charge in [-0.05, 0) is 24.2 Å². The van der Waals surface area contributed by atoms with Crippen LogP contribution in [-0.4, -0.2) is 19.8 Å². The molecule has 0 radical (unpaired) electrons. The molecular formula is C11H26N2O. The van der Waals surface area contributed by atoms with Gasteiger partial charge in [0.05, 0.1) is 0 Å². The lowest BCUT2D eigenvalue weighted by molar-refractivity contribution is 0.159. The summed E-state index contributed by atoms with van der Waals surface area (Å²) in [6.45, 7) is 9.74. The number of rotatable bonds is 6. The molecule has 0 aromatic heterocycles. The molecule has 3 heteroatoms. The van der Waals surface area contributed by atoms with E-state index < -0.39 is 0 Å². The minimum absolute atomic E-state index is 0.318. The first kappa shape index (κ1) is 13.9. The van der Waals surface area contributed by atoms with Gasteiger partial charge in [-0.15, -0.1) is 0 Å². The Balaban J connectivity index is 3.99. The Labute approximate surface area is 88.4 Å². The predicted octanol–water partition coefficient (Wildman–Crippen LogP) is 1.93. The van der Waals surface area contributed by atoms with Gasteiger partial charge in [-0.25, -0.2) is 0 Å². The highest BCUT2D eigenvalue weighted by molar-refractivity contribution is 4.77. The van der Waals surface area contributed by atoms with E-state index in [-0.39, 0.29) is 0 Å². The molecule has 0 saturated carbocycles. The van der Waals surface area contributed by atoms with Crippen LogP contribution < -0.4 is 11.3 Å². The molecule has 0 saturated heterocycles. The molecular weight excluding hydrogens is 176 g/mol. The minimum Gasteiger partial charge on any atom is -0.385 e. The quantitative estimate of drug-likeness (QED) is 0.511. The van der Waals surface area contributed by atoms with E-state index in [0.29, 0.717) is 17.4 Å². The van der Waals surface area contributed by atoms with E-state index in [1.807, 2.05) is 0 Å². The van der Waals surface area contributed by atoms with Crippen molar-refractivity contribution in [1.82, 2.24) is 5.43 Å². The maximum atomic E-state index is 5.56. The molecule has 0 aliphatic rings. The van der Waals surface area contributed by atoms with Crippen LogP contribution in [0.15, 0.2) is 0 Å². The Morgan fingerprint density at radius 3 is 2.29 bits per heavy atom. The van der Waals surface area contributed by atoms with Crippen LogP contribution in [0, 0.1) is 11.3 Å². The molecule has 86 valence electrons. The smallest absolute Gasteiger partial charge is 0.0465 e. The van der Waals surface area contributed by atoms with Gasteiger partial charge in [0.15, 0.2) is 0 Å². The van der Waals surface area contributed by atoms with E-state index in [1.54, 1.807) is 7.11 Å². The minimum atomic E-state index is 0.318. The molecule has 0 spiro atoms. The highest BCUT2D eigenvalue weighted by atomic mass is 16.5. The molecule has 3 nitrogen and oxygen atoms in total. The van der Waals surface area contributed by atoms with Crippen molar-refractivity contribution >= 4 is 0 Å². The Morgan fingerprint density at radius 1 is 1.36 bits per heavy atom. The van der Waals surface area contributed by atoms with Crippen molar-refractivity contribution in [1.29, 1.82) is 0 Å². The summed E-state index contributed by atoms with van der Waals surface area (Å²) in [5.74, 6) is 6.12. The van der Waals surface area contributed by atoms with Crippen molar-refractivity contribution in [2.75, 3.05) is 13.7 Å². The zero-order valence-corrected chi connectivity index (χ0v) is 10.3. The Bertz CT molecular complexity index is 143. The Hall–Kier alpha value is -0.120. The van der Waals surface area contributed by atoms with Crippen LogP contribution in [0.5, 0.6) is 0 Å². The molecule has 0 fully saturated rings. The van der Waals surface area contributed by atoms with Crippen molar-refractivity contribution in [3.8, 4) is 0 Å². The summed E-state index contributed by atoms with van der Waals surface area (Å²) in [6.07, 6.45) is 2.15. The molecule has 3 N–H and O–H groups in total. The zero-order chi connectivity index (χ0) is 11.2. The van der Waals surface area contributed by atoms with E-state index in [4.69, 9.17) is 10.6 Å². The van der Waals surface area contributed by atoms with Crippen molar-refractivity contribution in [3.63, 3.8) is 0 Å². The fraction of sp³-hybridized carbons (Fsp3) is 1.00. The number of ether oxygens (including phenoxy) is 1. The first-order valence-electron chi connectivity index (χ1n) is 5.36. The number of hydrogen-bond acceptors (Lipinski definition) is 3. The van der Waals surface area contributed by atoms with Crippen molar-refractivity contribution in [2.24, 2.45) is 17.2 Å². The second-order valence-electron chi connectivity index (χ2n) is 5.30. The zero-order valence-electron chi connectivity index (χ0n) is 10.3. The maximum absolute atomic E-state index is 5.56. The fourth-order valence-corrected chi connectivity index (χ4v) is 1.59. The second kappa shape index (κ2) is 6.38. The highest BCUT2D eigenvalue weighted by Crippen LogP contribution is 2.24. The first-order chi connectivity index (χ1) is 6.40. The van der Waals surface area contributed by atoms with Crippen LogP contribution in [0.1, 0.15) is 40.5 Å². The van der Waals surface area contributed by atoms with Crippen LogP contribution in [0.4, 0.5) is 0 Å². The summed E-state index contributed by atoms with van der Waals surface area (Å²) < 4.78 is 5.07. The second-order valence-corrected chi connectivity index (χ2v) is 5.30. The third kappa shape index (κ3) is 6.35. The molecule has 0 bridgehead atoms. The average Bonchev–Trinajstić information content (AvgIpc) is 2.08. The van der Waals surface area contributed by atoms with Gasteiger partial charge in [0.1, 0.15) is 0 Å². The molecule has 0 heterocycles. The average molecular weight is 202 g/mol. The fourth-order valence-electron chi connectivity index (χ4n) is 1.59. The van der Waals surface area contributed by atoms with E-state index in [2.05, 4.69) is 33.1 Å². The summed E-state index contributed by atoms with van der Waals surface area (Å²) in [4.78, 5) is 0. The number of hydrogen-bond donors (Lipinski definition) is 2. The molecule has 2 atom stereocenters. The highest BCUT2D eigenvalue weighted by Gasteiger charge is 2.22. The van der Waals surface area contributed by atoms with Crippen molar-refractivity contribution in [2.45, 2.75) is 46.6 Å². The lowest BCUT2D eigenvalue weighted by Gasteiger charge is -2.29. The molecule has 0 aliphatic heterocycles. The standard InChI is InChI=1S/C11H26N2O/c1-9(6-7-14-5)10(13-12)8-11(2,3)4/h9-10,13H,6-8,12H2,1-5H3. The molecule has 0 amide bonds. The first-order valence-corrected chi connectivity index (χ1v) is 5.36. The van der Waals surface area contributed by atoms with Crippen LogP contribution in [0.3, 0.4) is 0 Å². The summed E-state index contributed by atoms with van der Waals surface area (Å²) in [6, 6.07) is 0.380. The molecule has 0 aliphatic carbocycles. The van der Waals surface area contributed by atoms with Gasteiger partial charge in [-0.2, -0.15) is 0 Å². The summed E-state index contributed by atoms with van der Waals surface area (Å²) in [5, 5.41) is 0. The van der Waals surface area contributed by atoms with E-state index in [0.717, 1.165) is 19.4 Å². The SMILES string of the molecule is COCCC(C)C(CC(C)(C)C)NN. The Morgan fingerprint density at radius 2 is 1.93 bits per heavy atom. The maximum Gasteiger partial charge on any atom is 0.0465 e. The predicted molar refractivity (Wildman–Crippen MR) is 60.8 cm³/mol. The lowest BCUT2D eigenvalue weighted by Crippen LogP contribution is -2.42. The van der Waals surface area contributed by atoms with E-state index >= 15 is 0 Å². The van der Waals surface area contributed by atoms with Gasteiger partial charge >= 0.3 is 0 Å². The summed E-state index contributed by atoms with van der Waals surface area (Å²) >= 11 is 0. The van der Waals surface area contributed by atoms with Gasteiger partial charge in [0.25, 0.3) is 0 Å². The number of methoxy groups -OCH3 is 1. The number of hydrazine groups is 1. The largest absolute Gasteiger partial charge is 0.385 e. The van der Waals surface area contributed by atoms with E-state index in [9.17, 15) is 0 Å².